The maximum Gasteiger partial charge on any atom is 0.306 e. The molecule has 1 aromatic heterocycles. The van der Waals surface area contributed by atoms with Crippen molar-refractivity contribution in [2.45, 2.75) is 168 Å². The van der Waals surface area contributed by atoms with Gasteiger partial charge in [0.05, 0.1) is 0 Å². The Bertz CT molecular complexity index is 587. The van der Waals surface area contributed by atoms with Gasteiger partial charge in [0.1, 0.15) is 6.61 Å². The van der Waals surface area contributed by atoms with Crippen molar-refractivity contribution in [3.63, 3.8) is 0 Å². The first-order valence-electron chi connectivity index (χ1n) is 15.7. The summed E-state index contributed by atoms with van der Waals surface area (Å²) in [5.41, 5.74) is 0.949. The monoisotopic (exact) mass is 501 g/mol. The minimum absolute atomic E-state index is 0.0860. The number of rotatable bonds is 26. The van der Waals surface area contributed by atoms with Crippen LogP contribution in [0.4, 0.5) is 0 Å². The van der Waals surface area contributed by atoms with Gasteiger partial charge in [-0.3, -0.25) is 9.78 Å². The average molecular weight is 502 g/mol. The third-order valence-electron chi connectivity index (χ3n) is 7.28. The lowest BCUT2D eigenvalue weighted by molar-refractivity contribution is -0.145. The molecule has 36 heavy (non-hydrogen) atoms. The van der Waals surface area contributed by atoms with Gasteiger partial charge < -0.3 is 4.74 Å². The fourth-order valence-electron chi connectivity index (χ4n) is 4.90. The van der Waals surface area contributed by atoms with Crippen LogP contribution < -0.4 is 0 Å². The minimum atomic E-state index is -0.0860. The third kappa shape index (κ3) is 23.0. The topological polar surface area (TPSA) is 39.2 Å². The first-order valence-corrected chi connectivity index (χ1v) is 15.7. The molecule has 0 spiro atoms. The molecule has 0 unspecified atom stereocenters. The molecule has 1 aromatic rings. The predicted molar refractivity (Wildman–Crippen MR) is 155 cm³/mol. The molecule has 3 heteroatoms. The Morgan fingerprint density at radius 2 is 1.08 bits per heavy atom. The normalized spacial score (nSPS) is 11.3. The fraction of sp³-hybridized carbons (Fsp3) is 0.818. The summed E-state index contributed by atoms with van der Waals surface area (Å²) in [7, 11) is 0. The highest BCUT2D eigenvalue weighted by molar-refractivity contribution is 5.69. The molecular formula is C33H59NO2. The molecule has 208 valence electrons. The van der Waals surface area contributed by atoms with Crippen LogP contribution in [0, 0.1) is 5.92 Å². The molecule has 3 nitrogen and oxygen atoms in total. The summed E-state index contributed by atoms with van der Waals surface area (Å²) in [4.78, 5) is 15.8. The molecule has 0 amide bonds. The van der Waals surface area contributed by atoms with Crippen molar-refractivity contribution in [3.8, 4) is 0 Å². The van der Waals surface area contributed by atoms with E-state index in [1.54, 1.807) is 12.4 Å². The van der Waals surface area contributed by atoms with Crippen molar-refractivity contribution >= 4 is 5.97 Å². The molecule has 0 aliphatic rings. The molecule has 0 N–H and O–H groups in total. The van der Waals surface area contributed by atoms with Crippen LogP contribution in [0.3, 0.4) is 0 Å². The van der Waals surface area contributed by atoms with Crippen LogP contribution in [0.15, 0.2) is 24.5 Å². The van der Waals surface area contributed by atoms with Crippen LogP contribution >= 0.6 is 0 Å². The van der Waals surface area contributed by atoms with Gasteiger partial charge >= 0.3 is 5.97 Å². The molecule has 0 aromatic carbocycles. The molecule has 0 saturated carbocycles. The molecule has 1 heterocycles. The molecule has 1 rings (SSSR count). The zero-order valence-electron chi connectivity index (χ0n) is 24.1. The second-order valence-corrected chi connectivity index (χ2v) is 11.4. The van der Waals surface area contributed by atoms with Gasteiger partial charge in [0, 0.05) is 24.4 Å². The number of aromatic nitrogens is 1. The molecule has 0 saturated heterocycles. The van der Waals surface area contributed by atoms with Gasteiger partial charge in [0.15, 0.2) is 0 Å². The number of carbonyl (C=O) groups is 1. The summed E-state index contributed by atoms with van der Waals surface area (Å²) < 4.78 is 5.30. The van der Waals surface area contributed by atoms with Crippen molar-refractivity contribution in [2.24, 2.45) is 5.92 Å². The van der Waals surface area contributed by atoms with E-state index in [-0.39, 0.29) is 5.97 Å². The Morgan fingerprint density at radius 1 is 0.667 bits per heavy atom. The number of esters is 1. The number of nitrogens with zero attached hydrogens (tertiary/aromatic N) is 1. The zero-order chi connectivity index (χ0) is 25.9. The Labute approximate surface area is 224 Å². The van der Waals surface area contributed by atoms with Gasteiger partial charge in [0.2, 0.25) is 0 Å². The second-order valence-electron chi connectivity index (χ2n) is 11.4. The SMILES string of the molecule is CC(C)CCCCCCCCCCCCCCCCCCCCCCCC(=O)OCc1cccnc1. The number of ether oxygens (including phenoxy) is 1. The maximum atomic E-state index is 11.8. The first kappa shape index (κ1) is 32.6. The van der Waals surface area contributed by atoms with E-state index in [4.69, 9.17) is 4.74 Å². The van der Waals surface area contributed by atoms with Crippen molar-refractivity contribution in [2.75, 3.05) is 0 Å². The van der Waals surface area contributed by atoms with E-state index < -0.39 is 0 Å². The summed E-state index contributed by atoms with van der Waals surface area (Å²) in [6.07, 6.45) is 34.5. The standard InChI is InChI=1S/C33H59NO2/c1-31(2)25-22-20-18-16-14-12-10-8-6-4-3-5-7-9-11-13-15-17-19-21-23-27-33(35)36-30-32-26-24-28-34-29-32/h24,26,28-29,31H,3-23,25,27,30H2,1-2H3. The van der Waals surface area contributed by atoms with Crippen LogP contribution in [0.2, 0.25) is 0 Å². The Hall–Kier alpha value is -1.38. The van der Waals surface area contributed by atoms with E-state index in [1.165, 1.54) is 128 Å². The highest BCUT2D eigenvalue weighted by Crippen LogP contribution is 2.16. The molecule has 0 aliphatic carbocycles. The molecule has 0 bridgehead atoms. The fourth-order valence-corrected chi connectivity index (χ4v) is 4.90. The second kappa shape index (κ2) is 25.3. The minimum Gasteiger partial charge on any atom is -0.461 e. The molecule has 0 aliphatic heterocycles. The quantitative estimate of drug-likeness (QED) is 0.0935. The van der Waals surface area contributed by atoms with E-state index in [0.29, 0.717) is 13.0 Å². The van der Waals surface area contributed by atoms with Crippen molar-refractivity contribution < 1.29 is 9.53 Å². The lowest BCUT2D eigenvalue weighted by Crippen LogP contribution is -2.04. The van der Waals surface area contributed by atoms with E-state index in [0.717, 1.165) is 24.3 Å². The molecule has 0 atom stereocenters. The van der Waals surface area contributed by atoms with Gasteiger partial charge in [-0.15, -0.1) is 0 Å². The predicted octanol–water partition coefficient (Wildman–Crippen LogP) is 10.8. The van der Waals surface area contributed by atoms with E-state index in [2.05, 4.69) is 18.8 Å². The summed E-state index contributed by atoms with van der Waals surface area (Å²) in [6, 6.07) is 3.80. The number of pyridine rings is 1. The van der Waals surface area contributed by atoms with Gasteiger partial charge in [0.25, 0.3) is 0 Å². The largest absolute Gasteiger partial charge is 0.461 e. The van der Waals surface area contributed by atoms with Gasteiger partial charge in [-0.1, -0.05) is 155 Å². The van der Waals surface area contributed by atoms with Gasteiger partial charge in [-0.05, 0) is 18.4 Å². The molecule has 0 fully saturated rings. The lowest BCUT2D eigenvalue weighted by Gasteiger charge is -2.05. The summed E-state index contributed by atoms with van der Waals surface area (Å²) in [5, 5.41) is 0. The van der Waals surface area contributed by atoms with Crippen LogP contribution in [0.5, 0.6) is 0 Å². The van der Waals surface area contributed by atoms with Gasteiger partial charge in [-0.2, -0.15) is 0 Å². The lowest BCUT2D eigenvalue weighted by atomic mass is 10.0. The van der Waals surface area contributed by atoms with E-state index in [1.807, 2.05) is 12.1 Å². The highest BCUT2D eigenvalue weighted by atomic mass is 16.5. The zero-order valence-corrected chi connectivity index (χ0v) is 24.1. The van der Waals surface area contributed by atoms with Crippen molar-refractivity contribution in [1.82, 2.24) is 4.98 Å². The number of unbranched alkanes of at least 4 members (excludes halogenated alkanes) is 20. The van der Waals surface area contributed by atoms with E-state index in [9.17, 15) is 4.79 Å². The van der Waals surface area contributed by atoms with E-state index >= 15 is 0 Å². The Morgan fingerprint density at radius 3 is 1.47 bits per heavy atom. The van der Waals surface area contributed by atoms with Crippen LogP contribution in [0.25, 0.3) is 0 Å². The molecular weight excluding hydrogens is 442 g/mol. The summed E-state index contributed by atoms with van der Waals surface area (Å²) >= 11 is 0. The van der Waals surface area contributed by atoms with Crippen LogP contribution in [-0.4, -0.2) is 11.0 Å². The Kier molecular flexibility index (Phi) is 22.9. The smallest absolute Gasteiger partial charge is 0.306 e. The van der Waals surface area contributed by atoms with Crippen LogP contribution in [0.1, 0.15) is 167 Å². The van der Waals surface area contributed by atoms with Gasteiger partial charge in [-0.25, -0.2) is 0 Å². The molecule has 0 radical (unpaired) electrons. The highest BCUT2D eigenvalue weighted by Gasteiger charge is 2.03. The number of hydrogen-bond acceptors (Lipinski definition) is 3. The van der Waals surface area contributed by atoms with Crippen molar-refractivity contribution in [1.29, 1.82) is 0 Å². The number of hydrogen-bond donors (Lipinski definition) is 0. The van der Waals surface area contributed by atoms with Crippen LogP contribution in [-0.2, 0) is 16.1 Å². The third-order valence-corrected chi connectivity index (χ3v) is 7.28. The first-order chi connectivity index (χ1) is 17.7. The summed E-state index contributed by atoms with van der Waals surface area (Å²) in [5.74, 6) is 0.796. The number of carbonyl (C=O) groups excluding carboxylic acids is 1. The maximum absolute atomic E-state index is 11.8. The van der Waals surface area contributed by atoms with Crippen molar-refractivity contribution in [3.05, 3.63) is 30.1 Å². The summed E-state index contributed by atoms with van der Waals surface area (Å²) in [6.45, 7) is 5.01. The Balaban J connectivity index is 1.68. The average Bonchev–Trinajstić information content (AvgIpc) is 2.88.